The summed E-state index contributed by atoms with van der Waals surface area (Å²) in [5, 5.41) is 8.54. The number of carbonyl (C=O) groups is 1. The quantitative estimate of drug-likeness (QED) is 0.429. The van der Waals surface area contributed by atoms with Gasteiger partial charge in [-0.3, -0.25) is 0 Å². The molecular weight excluding hydrogens is 279 g/mol. The molecule has 0 aromatic heterocycles. The van der Waals surface area contributed by atoms with Crippen LogP contribution in [0.5, 0.6) is 5.75 Å². The fourth-order valence-electron chi connectivity index (χ4n) is 2.06. The van der Waals surface area contributed by atoms with E-state index < -0.39 is 11.9 Å². The number of epoxide rings is 1. The van der Waals surface area contributed by atoms with Gasteiger partial charge in [0.05, 0.1) is 6.61 Å². The molecule has 0 bridgehead atoms. The Kier molecular flexibility index (Phi) is 5.38. The number of rotatable bonds is 9. The van der Waals surface area contributed by atoms with Gasteiger partial charge in [-0.25, -0.2) is 9.18 Å². The zero-order valence-electron chi connectivity index (χ0n) is 11.7. The Morgan fingerprint density at radius 2 is 1.90 bits per heavy atom. The highest BCUT2D eigenvalue weighted by atomic mass is 19.1. The van der Waals surface area contributed by atoms with Crippen LogP contribution in [0.1, 0.15) is 32.1 Å². The average Bonchev–Trinajstić information content (AvgIpc) is 3.19. The van der Waals surface area contributed by atoms with Crippen molar-refractivity contribution in [2.24, 2.45) is 0 Å². The van der Waals surface area contributed by atoms with E-state index in [-0.39, 0.29) is 5.82 Å². The lowest BCUT2D eigenvalue weighted by atomic mass is 10.1. The van der Waals surface area contributed by atoms with E-state index in [4.69, 9.17) is 14.6 Å². The summed E-state index contributed by atoms with van der Waals surface area (Å²) in [6.45, 7) is 0.936. The highest BCUT2D eigenvalue weighted by Gasteiger charge is 2.48. The van der Waals surface area contributed by atoms with Gasteiger partial charge in [0.15, 0.2) is 0 Å². The first-order valence-electron chi connectivity index (χ1n) is 7.04. The first kappa shape index (κ1) is 15.6. The maximum Gasteiger partial charge on any atom is 0.508 e. The molecule has 1 N–H and O–H groups in total. The molecule has 0 aliphatic carbocycles. The maximum atomic E-state index is 12.7. The van der Waals surface area contributed by atoms with Crippen molar-refractivity contribution in [2.45, 2.75) is 37.9 Å². The van der Waals surface area contributed by atoms with E-state index in [9.17, 15) is 9.18 Å². The Morgan fingerprint density at radius 1 is 1.24 bits per heavy atom. The van der Waals surface area contributed by atoms with Gasteiger partial charge in [-0.2, -0.15) is 0 Å². The molecule has 1 aromatic rings. The molecule has 21 heavy (non-hydrogen) atoms. The van der Waals surface area contributed by atoms with Crippen LogP contribution in [-0.4, -0.2) is 30.3 Å². The van der Waals surface area contributed by atoms with Crippen molar-refractivity contribution in [1.82, 2.24) is 0 Å². The van der Waals surface area contributed by atoms with Crippen LogP contribution in [-0.2, 0) is 9.47 Å². The summed E-state index contributed by atoms with van der Waals surface area (Å²) < 4.78 is 27.9. The molecule has 1 atom stereocenters. The van der Waals surface area contributed by atoms with E-state index in [1.54, 1.807) is 12.1 Å². The van der Waals surface area contributed by atoms with Crippen molar-refractivity contribution in [3.8, 4) is 5.75 Å². The Hall–Kier alpha value is -1.82. The molecule has 0 unspecified atom stereocenters. The molecule has 2 rings (SSSR count). The standard InChI is InChI=1S/C15H19FO5/c16-12-5-7-13(8-6-12)19-10-4-2-1-3-9-15(11-20-15)21-14(17)18/h5-8H,1-4,9-11H2,(H,17,18)/t15-/m1/s1. The summed E-state index contributed by atoms with van der Waals surface area (Å²) in [5.74, 6) is -0.491. The van der Waals surface area contributed by atoms with Gasteiger partial charge in [-0.15, -0.1) is 0 Å². The number of hydrogen-bond donors (Lipinski definition) is 1. The second-order valence-electron chi connectivity index (χ2n) is 5.03. The smallest absolute Gasteiger partial charge is 0.494 e. The Bertz CT molecular complexity index is 456. The van der Waals surface area contributed by atoms with E-state index in [1.807, 2.05) is 0 Å². The third kappa shape index (κ3) is 5.59. The Morgan fingerprint density at radius 3 is 2.52 bits per heavy atom. The maximum absolute atomic E-state index is 12.7. The van der Waals surface area contributed by atoms with Crippen LogP contribution in [0.3, 0.4) is 0 Å². The largest absolute Gasteiger partial charge is 0.508 e. The molecule has 5 nitrogen and oxygen atoms in total. The van der Waals surface area contributed by atoms with Crippen LogP contribution in [0.15, 0.2) is 24.3 Å². The monoisotopic (exact) mass is 298 g/mol. The minimum absolute atomic E-state index is 0.276. The molecule has 1 saturated heterocycles. The van der Waals surface area contributed by atoms with Crippen molar-refractivity contribution >= 4 is 6.16 Å². The van der Waals surface area contributed by atoms with Gasteiger partial charge in [0.25, 0.3) is 0 Å². The van der Waals surface area contributed by atoms with Gasteiger partial charge in [-0.1, -0.05) is 12.8 Å². The third-order valence-corrected chi connectivity index (χ3v) is 3.27. The molecule has 0 spiro atoms. The summed E-state index contributed by atoms with van der Waals surface area (Å²) >= 11 is 0. The lowest BCUT2D eigenvalue weighted by molar-refractivity contribution is -0.0245. The second-order valence-corrected chi connectivity index (χ2v) is 5.03. The molecule has 1 fully saturated rings. The molecular formula is C15H19FO5. The van der Waals surface area contributed by atoms with Crippen LogP contribution in [0.4, 0.5) is 9.18 Å². The lowest BCUT2D eigenvalue weighted by Gasteiger charge is -2.10. The van der Waals surface area contributed by atoms with Crippen molar-refractivity contribution in [1.29, 1.82) is 0 Å². The highest BCUT2D eigenvalue weighted by Crippen LogP contribution is 2.34. The average molecular weight is 298 g/mol. The number of carboxylic acid groups (broad SMARTS) is 1. The Labute approximate surface area is 122 Å². The molecule has 1 aliphatic heterocycles. The topological polar surface area (TPSA) is 68.3 Å². The van der Waals surface area contributed by atoms with E-state index in [2.05, 4.69) is 4.74 Å². The fraction of sp³-hybridized carbons (Fsp3) is 0.533. The van der Waals surface area contributed by atoms with Gasteiger partial charge in [-0.05, 0) is 37.1 Å². The first-order valence-corrected chi connectivity index (χ1v) is 7.04. The molecule has 116 valence electrons. The lowest BCUT2D eigenvalue weighted by Crippen LogP contribution is -2.19. The summed E-state index contributed by atoms with van der Waals surface area (Å²) in [5.41, 5.74) is 0. The van der Waals surface area contributed by atoms with Crippen LogP contribution < -0.4 is 4.74 Å². The summed E-state index contributed by atoms with van der Waals surface area (Å²) in [6.07, 6.45) is 2.98. The summed E-state index contributed by atoms with van der Waals surface area (Å²) in [6, 6.07) is 5.94. The molecule has 0 saturated carbocycles. The zero-order valence-corrected chi connectivity index (χ0v) is 11.7. The molecule has 6 heteroatoms. The predicted octanol–water partition coefficient (Wildman–Crippen LogP) is 3.58. The minimum Gasteiger partial charge on any atom is -0.494 e. The minimum atomic E-state index is -1.29. The van der Waals surface area contributed by atoms with Gasteiger partial charge < -0.3 is 19.3 Å². The number of benzene rings is 1. The third-order valence-electron chi connectivity index (χ3n) is 3.27. The summed E-state index contributed by atoms with van der Waals surface area (Å²) in [7, 11) is 0. The number of unbranched alkanes of at least 4 members (excludes halogenated alkanes) is 3. The van der Waals surface area contributed by atoms with Gasteiger partial charge >= 0.3 is 6.16 Å². The summed E-state index contributed by atoms with van der Waals surface area (Å²) in [4.78, 5) is 10.4. The van der Waals surface area contributed by atoms with Crippen molar-refractivity contribution in [3.63, 3.8) is 0 Å². The first-order chi connectivity index (χ1) is 10.1. The van der Waals surface area contributed by atoms with E-state index in [1.165, 1.54) is 12.1 Å². The molecule has 0 amide bonds. The van der Waals surface area contributed by atoms with Gasteiger partial charge in [0, 0.05) is 6.42 Å². The molecule has 1 aromatic carbocycles. The van der Waals surface area contributed by atoms with Crippen molar-refractivity contribution < 1.29 is 28.5 Å². The van der Waals surface area contributed by atoms with E-state index >= 15 is 0 Å². The van der Waals surface area contributed by atoms with Crippen LogP contribution in [0.2, 0.25) is 0 Å². The normalized spacial score (nSPS) is 20.0. The molecule has 0 radical (unpaired) electrons. The number of ether oxygens (including phenoxy) is 3. The van der Waals surface area contributed by atoms with Crippen molar-refractivity contribution in [2.75, 3.05) is 13.2 Å². The SMILES string of the molecule is O=C(O)O[C@]1(CCCCCCOc2ccc(F)cc2)CO1. The van der Waals surface area contributed by atoms with Gasteiger partial charge in [0.2, 0.25) is 5.79 Å². The molecule has 1 aliphatic rings. The number of hydrogen-bond acceptors (Lipinski definition) is 4. The predicted molar refractivity (Wildman–Crippen MR) is 72.8 cm³/mol. The second kappa shape index (κ2) is 7.26. The van der Waals surface area contributed by atoms with Crippen molar-refractivity contribution in [3.05, 3.63) is 30.1 Å². The number of halogens is 1. The van der Waals surface area contributed by atoms with E-state index in [0.29, 0.717) is 25.4 Å². The highest BCUT2D eigenvalue weighted by molar-refractivity contribution is 5.57. The van der Waals surface area contributed by atoms with Gasteiger partial charge in [0.1, 0.15) is 18.2 Å². The Balaban J connectivity index is 1.49. The fourth-order valence-corrected chi connectivity index (χ4v) is 2.06. The molecule has 1 heterocycles. The van der Waals surface area contributed by atoms with E-state index in [0.717, 1.165) is 25.7 Å². The van der Waals surface area contributed by atoms with Crippen LogP contribution in [0.25, 0.3) is 0 Å². The van der Waals surface area contributed by atoms with Crippen LogP contribution >= 0.6 is 0 Å². The van der Waals surface area contributed by atoms with Crippen LogP contribution in [0, 0.1) is 5.82 Å². The zero-order chi connectivity index (χ0) is 15.1.